The SMILES string of the molecule is COC(=O)c1ccc(C(O)c2c(Cl)cccc2Cl)o1. The second-order valence-corrected chi connectivity index (χ2v) is 4.55. The van der Waals surface area contributed by atoms with E-state index in [1.165, 1.54) is 19.2 Å². The Labute approximate surface area is 119 Å². The highest BCUT2D eigenvalue weighted by Gasteiger charge is 2.22. The third kappa shape index (κ3) is 2.76. The molecule has 1 unspecified atom stereocenters. The second kappa shape index (κ2) is 5.65. The molecule has 6 heteroatoms. The number of carbonyl (C=O) groups is 1. The van der Waals surface area contributed by atoms with E-state index >= 15 is 0 Å². The zero-order chi connectivity index (χ0) is 14.0. The van der Waals surface area contributed by atoms with E-state index in [9.17, 15) is 9.90 Å². The van der Waals surface area contributed by atoms with E-state index in [-0.39, 0.29) is 11.5 Å². The molecule has 0 aliphatic heterocycles. The second-order valence-electron chi connectivity index (χ2n) is 3.73. The summed E-state index contributed by atoms with van der Waals surface area (Å²) in [5, 5.41) is 10.8. The number of hydrogen-bond donors (Lipinski definition) is 1. The summed E-state index contributed by atoms with van der Waals surface area (Å²) >= 11 is 12.0. The Balaban J connectivity index is 2.36. The predicted molar refractivity (Wildman–Crippen MR) is 70.6 cm³/mol. The van der Waals surface area contributed by atoms with Crippen LogP contribution in [0.25, 0.3) is 0 Å². The van der Waals surface area contributed by atoms with Crippen LogP contribution in [0, 0.1) is 0 Å². The average Bonchev–Trinajstić information content (AvgIpc) is 2.87. The summed E-state index contributed by atoms with van der Waals surface area (Å²) in [5.74, 6) is -0.459. The van der Waals surface area contributed by atoms with Crippen LogP contribution in [0.15, 0.2) is 34.7 Å². The number of methoxy groups -OCH3 is 1. The third-order valence-corrected chi connectivity index (χ3v) is 3.22. The lowest BCUT2D eigenvalue weighted by atomic mass is 10.1. The highest BCUT2D eigenvalue weighted by Crippen LogP contribution is 2.34. The summed E-state index contributed by atoms with van der Waals surface area (Å²) in [5.41, 5.74) is 0.330. The van der Waals surface area contributed by atoms with Gasteiger partial charge in [-0.25, -0.2) is 4.79 Å². The number of carbonyl (C=O) groups excluding carboxylic acids is 1. The molecule has 1 heterocycles. The molecule has 19 heavy (non-hydrogen) atoms. The van der Waals surface area contributed by atoms with Gasteiger partial charge in [0, 0.05) is 15.6 Å². The first-order valence-electron chi connectivity index (χ1n) is 5.34. The smallest absolute Gasteiger partial charge is 0.373 e. The number of hydrogen-bond acceptors (Lipinski definition) is 4. The van der Waals surface area contributed by atoms with Crippen LogP contribution in [-0.4, -0.2) is 18.2 Å². The van der Waals surface area contributed by atoms with E-state index in [4.69, 9.17) is 27.6 Å². The summed E-state index contributed by atoms with van der Waals surface area (Å²) in [6, 6.07) is 7.76. The Morgan fingerprint density at radius 3 is 2.47 bits per heavy atom. The highest BCUT2D eigenvalue weighted by atomic mass is 35.5. The maximum absolute atomic E-state index is 11.3. The van der Waals surface area contributed by atoms with Crippen molar-refractivity contribution in [2.45, 2.75) is 6.10 Å². The molecule has 0 saturated heterocycles. The van der Waals surface area contributed by atoms with Gasteiger partial charge in [0.2, 0.25) is 5.76 Å². The van der Waals surface area contributed by atoms with Gasteiger partial charge >= 0.3 is 5.97 Å². The van der Waals surface area contributed by atoms with Crippen molar-refractivity contribution < 1.29 is 19.1 Å². The maximum Gasteiger partial charge on any atom is 0.373 e. The minimum atomic E-state index is -1.15. The Hall–Kier alpha value is -1.49. The molecule has 100 valence electrons. The van der Waals surface area contributed by atoms with Crippen LogP contribution in [0.4, 0.5) is 0 Å². The van der Waals surface area contributed by atoms with Crippen molar-refractivity contribution in [2.75, 3.05) is 7.11 Å². The van der Waals surface area contributed by atoms with E-state index in [1.54, 1.807) is 18.2 Å². The molecule has 0 aliphatic carbocycles. The minimum absolute atomic E-state index is 0.000254. The number of esters is 1. The van der Waals surface area contributed by atoms with Crippen molar-refractivity contribution in [3.63, 3.8) is 0 Å². The lowest BCUT2D eigenvalue weighted by Gasteiger charge is -2.11. The fourth-order valence-electron chi connectivity index (χ4n) is 1.62. The standard InChI is InChI=1S/C13H10Cl2O4/c1-18-13(17)10-6-5-9(19-10)12(16)11-7(14)3-2-4-8(11)15/h2-6,12,16H,1H3. The molecule has 0 amide bonds. The number of rotatable bonds is 3. The van der Waals surface area contributed by atoms with E-state index < -0.39 is 12.1 Å². The van der Waals surface area contributed by atoms with E-state index in [0.29, 0.717) is 15.6 Å². The van der Waals surface area contributed by atoms with Gasteiger partial charge in [0.05, 0.1) is 7.11 Å². The zero-order valence-corrected chi connectivity index (χ0v) is 11.4. The molecular weight excluding hydrogens is 291 g/mol. The van der Waals surface area contributed by atoms with Crippen LogP contribution in [0.3, 0.4) is 0 Å². The Morgan fingerprint density at radius 1 is 1.26 bits per heavy atom. The molecule has 2 rings (SSSR count). The number of aliphatic hydroxyl groups excluding tert-OH is 1. The number of furan rings is 1. The fourth-order valence-corrected chi connectivity index (χ4v) is 2.23. The number of halogens is 2. The molecule has 2 aromatic rings. The maximum atomic E-state index is 11.3. The van der Waals surface area contributed by atoms with Gasteiger partial charge in [0.15, 0.2) is 0 Å². The quantitative estimate of drug-likeness (QED) is 0.882. The van der Waals surface area contributed by atoms with Crippen LogP contribution in [0.1, 0.15) is 28.0 Å². The minimum Gasteiger partial charge on any atom is -0.463 e. The Bertz CT molecular complexity index is 586. The monoisotopic (exact) mass is 300 g/mol. The van der Waals surface area contributed by atoms with E-state index in [2.05, 4.69) is 4.74 Å². The molecule has 0 saturated carbocycles. The van der Waals surface area contributed by atoms with Gasteiger partial charge in [-0.15, -0.1) is 0 Å². The molecule has 0 fully saturated rings. The molecule has 1 aromatic heterocycles. The molecule has 0 bridgehead atoms. The number of benzene rings is 1. The van der Waals surface area contributed by atoms with Gasteiger partial charge in [-0.2, -0.15) is 0 Å². The number of aliphatic hydroxyl groups is 1. The van der Waals surface area contributed by atoms with Crippen LogP contribution < -0.4 is 0 Å². The van der Waals surface area contributed by atoms with Crippen molar-refractivity contribution in [1.82, 2.24) is 0 Å². The summed E-state index contributed by atoms with van der Waals surface area (Å²) in [6.07, 6.45) is -1.15. The number of ether oxygens (including phenoxy) is 1. The van der Waals surface area contributed by atoms with Gasteiger partial charge in [-0.05, 0) is 24.3 Å². The molecule has 1 N–H and O–H groups in total. The Morgan fingerprint density at radius 2 is 1.89 bits per heavy atom. The van der Waals surface area contributed by atoms with Crippen molar-refractivity contribution in [2.24, 2.45) is 0 Å². The topological polar surface area (TPSA) is 59.7 Å². The van der Waals surface area contributed by atoms with Gasteiger partial charge in [-0.1, -0.05) is 29.3 Å². The summed E-state index contributed by atoms with van der Waals surface area (Å²) in [7, 11) is 1.24. The largest absolute Gasteiger partial charge is 0.463 e. The third-order valence-electron chi connectivity index (χ3n) is 2.56. The van der Waals surface area contributed by atoms with Gasteiger partial charge in [-0.3, -0.25) is 0 Å². The zero-order valence-electron chi connectivity index (χ0n) is 9.89. The lowest BCUT2D eigenvalue weighted by Crippen LogP contribution is -2.01. The molecular formula is C13H10Cl2O4. The van der Waals surface area contributed by atoms with Crippen molar-refractivity contribution in [3.8, 4) is 0 Å². The van der Waals surface area contributed by atoms with Crippen molar-refractivity contribution >= 4 is 29.2 Å². The van der Waals surface area contributed by atoms with Gasteiger partial charge in [0.25, 0.3) is 0 Å². The van der Waals surface area contributed by atoms with Crippen LogP contribution in [-0.2, 0) is 4.74 Å². The van der Waals surface area contributed by atoms with Crippen LogP contribution in [0.2, 0.25) is 10.0 Å². The molecule has 0 spiro atoms. The van der Waals surface area contributed by atoms with E-state index in [0.717, 1.165) is 0 Å². The summed E-state index contributed by atoms with van der Waals surface area (Å²) < 4.78 is 9.74. The fraction of sp³-hybridized carbons (Fsp3) is 0.154. The summed E-state index contributed by atoms with van der Waals surface area (Å²) in [4.78, 5) is 11.3. The van der Waals surface area contributed by atoms with Gasteiger partial charge in [0.1, 0.15) is 11.9 Å². The molecule has 0 radical (unpaired) electrons. The predicted octanol–water partition coefficient (Wildman–Crippen LogP) is 3.45. The molecule has 4 nitrogen and oxygen atoms in total. The first-order valence-corrected chi connectivity index (χ1v) is 6.10. The normalized spacial score (nSPS) is 12.2. The van der Waals surface area contributed by atoms with Gasteiger partial charge < -0.3 is 14.3 Å². The summed E-state index contributed by atoms with van der Waals surface area (Å²) in [6.45, 7) is 0. The first-order chi connectivity index (χ1) is 9.04. The molecule has 0 aliphatic rings. The first kappa shape index (κ1) is 13.9. The lowest BCUT2D eigenvalue weighted by molar-refractivity contribution is 0.0558. The molecule has 1 aromatic carbocycles. The van der Waals surface area contributed by atoms with Crippen molar-refractivity contribution in [1.29, 1.82) is 0 Å². The highest BCUT2D eigenvalue weighted by molar-refractivity contribution is 6.36. The van der Waals surface area contributed by atoms with Crippen LogP contribution >= 0.6 is 23.2 Å². The average molecular weight is 301 g/mol. The van der Waals surface area contributed by atoms with E-state index in [1.807, 2.05) is 0 Å². The van der Waals surface area contributed by atoms with Crippen molar-refractivity contribution in [3.05, 3.63) is 57.5 Å². The molecule has 1 atom stereocenters. The van der Waals surface area contributed by atoms with Crippen LogP contribution in [0.5, 0.6) is 0 Å². The Kier molecular flexibility index (Phi) is 4.14.